The molecule has 1 N–H and O–H groups in total. The second-order valence-corrected chi connectivity index (χ2v) is 6.86. The molecule has 0 atom stereocenters. The zero-order valence-corrected chi connectivity index (χ0v) is 15.2. The van der Waals surface area contributed by atoms with Gasteiger partial charge >= 0.3 is 0 Å². The van der Waals surface area contributed by atoms with E-state index in [0.29, 0.717) is 36.1 Å². The number of ether oxygens (including phenoxy) is 2. The maximum atomic E-state index is 12.4. The third-order valence-corrected chi connectivity index (χ3v) is 4.93. The van der Waals surface area contributed by atoms with Gasteiger partial charge in [-0.15, -0.1) is 0 Å². The standard InChI is InChI=1S/C20H19N5O3/c26-20(14-3-4-17-18(9-14)28-12-27-17)23-7-8-25-19(13-1-2-13)15(10-24-25)16-11-21-5-6-22-16/h3-6,9-11,13H,1-2,7-8,12H2,(H,23,26). The van der Waals surface area contributed by atoms with Gasteiger partial charge in [0.15, 0.2) is 11.5 Å². The molecule has 2 aliphatic rings. The summed E-state index contributed by atoms with van der Waals surface area (Å²) in [6.45, 7) is 1.27. The second kappa shape index (κ2) is 6.95. The van der Waals surface area contributed by atoms with E-state index in [9.17, 15) is 4.79 Å². The molecule has 1 fully saturated rings. The monoisotopic (exact) mass is 377 g/mol. The number of nitrogens with zero attached hydrogens (tertiary/aromatic N) is 4. The maximum absolute atomic E-state index is 12.4. The Morgan fingerprint density at radius 1 is 1.18 bits per heavy atom. The molecule has 0 bridgehead atoms. The molecule has 28 heavy (non-hydrogen) atoms. The van der Waals surface area contributed by atoms with Gasteiger partial charge in [-0.25, -0.2) is 0 Å². The summed E-state index contributed by atoms with van der Waals surface area (Å²) in [5.74, 6) is 1.62. The number of carbonyl (C=O) groups is 1. The molecule has 0 spiro atoms. The Kier molecular flexibility index (Phi) is 4.16. The van der Waals surface area contributed by atoms with Crippen LogP contribution < -0.4 is 14.8 Å². The van der Waals surface area contributed by atoms with E-state index in [1.54, 1.807) is 36.8 Å². The number of nitrogens with one attached hydrogen (secondary N) is 1. The molecular weight excluding hydrogens is 358 g/mol. The molecule has 3 aromatic rings. The van der Waals surface area contributed by atoms with Crippen LogP contribution in [0.2, 0.25) is 0 Å². The van der Waals surface area contributed by atoms with Crippen LogP contribution in [0, 0.1) is 0 Å². The quantitative estimate of drug-likeness (QED) is 0.709. The molecule has 1 amide bonds. The van der Waals surface area contributed by atoms with Gasteiger partial charge in [-0.1, -0.05) is 0 Å². The van der Waals surface area contributed by atoms with Crippen LogP contribution in [0.15, 0.2) is 43.0 Å². The lowest BCUT2D eigenvalue weighted by Gasteiger charge is -2.10. The van der Waals surface area contributed by atoms with Gasteiger partial charge in [0.25, 0.3) is 5.91 Å². The van der Waals surface area contributed by atoms with E-state index in [1.807, 2.05) is 10.9 Å². The van der Waals surface area contributed by atoms with Crippen molar-refractivity contribution >= 4 is 5.91 Å². The third-order valence-electron chi connectivity index (χ3n) is 4.93. The minimum atomic E-state index is -0.146. The lowest BCUT2D eigenvalue weighted by Crippen LogP contribution is -2.27. The van der Waals surface area contributed by atoms with Crippen molar-refractivity contribution in [2.24, 2.45) is 0 Å². The van der Waals surface area contributed by atoms with Crippen molar-refractivity contribution in [2.75, 3.05) is 13.3 Å². The lowest BCUT2D eigenvalue weighted by molar-refractivity contribution is 0.0951. The average Bonchev–Trinajstić information content (AvgIpc) is 3.30. The number of fused-ring (bicyclic) bond motifs is 1. The molecule has 0 unspecified atom stereocenters. The summed E-state index contributed by atoms with van der Waals surface area (Å²) in [6.07, 6.45) is 9.27. The van der Waals surface area contributed by atoms with E-state index < -0.39 is 0 Å². The van der Waals surface area contributed by atoms with Crippen molar-refractivity contribution in [2.45, 2.75) is 25.3 Å². The topological polar surface area (TPSA) is 91.2 Å². The summed E-state index contributed by atoms with van der Waals surface area (Å²) in [5, 5.41) is 7.48. The number of aromatic nitrogens is 4. The number of rotatable bonds is 6. The predicted molar refractivity (Wildman–Crippen MR) is 100 cm³/mol. The first-order valence-electron chi connectivity index (χ1n) is 9.29. The molecule has 142 valence electrons. The minimum absolute atomic E-state index is 0.146. The SMILES string of the molecule is O=C(NCCn1ncc(-c2cnccn2)c1C1CC1)c1ccc2c(c1)OCO2. The van der Waals surface area contributed by atoms with Gasteiger partial charge in [0.05, 0.1) is 30.3 Å². The van der Waals surface area contributed by atoms with Gasteiger partial charge < -0.3 is 14.8 Å². The minimum Gasteiger partial charge on any atom is -0.454 e. The highest BCUT2D eigenvalue weighted by molar-refractivity contribution is 5.94. The van der Waals surface area contributed by atoms with Crippen molar-refractivity contribution in [3.05, 3.63) is 54.2 Å². The van der Waals surface area contributed by atoms with E-state index in [1.165, 1.54) is 5.69 Å². The van der Waals surface area contributed by atoms with E-state index in [2.05, 4.69) is 20.4 Å². The Labute approximate surface area is 161 Å². The van der Waals surface area contributed by atoms with Crippen LogP contribution in [0.4, 0.5) is 0 Å². The molecule has 3 heterocycles. The Morgan fingerprint density at radius 2 is 2.07 bits per heavy atom. The molecule has 1 aliphatic heterocycles. The van der Waals surface area contributed by atoms with Gasteiger partial charge in [-0.05, 0) is 31.0 Å². The van der Waals surface area contributed by atoms with Crippen LogP contribution in [0.3, 0.4) is 0 Å². The fourth-order valence-electron chi connectivity index (χ4n) is 3.41. The summed E-state index contributed by atoms with van der Waals surface area (Å²) in [5.41, 5.74) is 3.59. The van der Waals surface area contributed by atoms with Crippen LogP contribution in [0.5, 0.6) is 11.5 Å². The average molecular weight is 377 g/mol. The van der Waals surface area contributed by atoms with Crippen molar-refractivity contribution in [1.82, 2.24) is 25.1 Å². The molecule has 0 radical (unpaired) electrons. The van der Waals surface area contributed by atoms with Crippen LogP contribution in [0.1, 0.15) is 34.8 Å². The van der Waals surface area contributed by atoms with Crippen LogP contribution in [-0.4, -0.2) is 39.0 Å². The first kappa shape index (κ1) is 16.7. The Bertz CT molecular complexity index is 1010. The zero-order chi connectivity index (χ0) is 18.9. The molecule has 8 nitrogen and oxygen atoms in total. The fraction of sp³-hybridized carbons (Fsp3) is 0.300. The van der Waals surface area contributed by atoms with Gasteiger partial charge in [-0.3, -0.25) is 19.4 Å². The van der Waals surface area contributed by atoms with Gasteiger partial charge in [0.1, 0.15) is 0 Å². The first-order valence-corrected chi connectivity index (χ1v) is 9.29. The molecule has 0 saturated heterocycles. The van der Waals surface area contributed by atoms with Crippen molar-refractivity contribution in [3.8, 4) is 22.8 Å². The smallest absolute Gasteiger partial charge is 0.251 e. The number of hydrogen-bond acceptors (Lipinski definition) is 6. The summed E-state index contributed by atoms with van der Waals surface area (Å²) in [6, 6.07) is 5.19. The highest BCUT2D eigenvalue weighted by Gasteiger charge is 2.31. The van der Waals surface area contributed by atoms with E-state index >= 15 is 0 Å². The number of carbonyl (C=O) groups excluding carboxylic acids is 1. The van der Waals surface area contributed by atoms with E-state index in [-0.39, 0.29) is 12.7 Å². The predicted octanol–water partition coefficient (Wildman–Crippen LogP) is 2.38. The summed E-state index contributed by atoms with van der Waals surface area (Å²) in [7, 11) is 0. The van der Waals surface area contributed by atoms with Crippen molar-refractivity contribution < 1.29 is 14.3 Å². The van der Waals surface area contributed by atoms with Crippen molar-refractivity contribution in [1.29, 1.82) is 0 Å². The molecule has 8 heteroatoms. The second-order valence-electron chi connectivity index (χ2n) is 6.86. The fourth-order valence-corrected chi connectivity index (χ4v) is 3.41. The Balaban J connectivity index is 1.27. The summed E-state index contributed by atoms with van der Waals surface area (Å²) < 4.78 is 12.6. The molecular formula is C20H19N5O3. The zero-order valence-electron chi connectivity index (χ0n) is 15.2. The highest BCUT2D eigenvalue weighted by atomic mass is 16.7. The number of hydrogen-bond donors (Lipinski definition) is 1. The largest absolute Gasteiger partial charge is 0.454 e. The lowest BCUT2D eigenvalue weighted by atomic mass is 10.1. The Morgan fingerprint density at radius 3 is 2.89 bits per heavy atom. The van der Waals surface area contributed by atoms with Crippen LogP contribution >= 0.6 is 0 Å². The van der Waals surface area contributed by atoms with E-state index in [0.717, 1.165) is 24.1 Å². The van der Waals surface area contributed by atoms with Crippen molar-refractivity contribution in [3.63, 3.8) is 0 Å². The molecule has 1 saturated carbocycles. The van der Waals surface area contributed by atoms with Gasteiger partial charge in [0, 0.05) is 36.0 Å². The van der Waals surface area contributed by atoms with E-state index in [4.69, 9.17) is 9.47 Å². The highest BCUT2D eigenvalue weighted by Crippen LogP contribution is 2.44. The molecule has 1 aliphatic carbocycles. The normalized spacial score (nSPS) is 14.9. The molecule has 2 aromatic heterocycles. The third kappa shape index (κ3) is 3.17. The first-order chi connectivity index (χ1) is 13.8. The maximum Gasteiger partial charge on any atom is 0.251 e. The molecule has 5 rings (SSSR count). The summed E-state index contributed by atoms with van der Waals surface area (Å²) >= 11 is 0. The molecule has 1 aromatic carbocycles. The number of amides is 1. The van der Waals surface area contributed by atoms with Gasteiger partial charge in [-0.2, -0.15) is 5.10 Å². The summed E-state index contributed by atoms with van der Waals surface area (Å²) in [4.78, 5) is 21.0. The Hall–Kier alpha value is -3.42. The van der Waals surface area contributed by atoms with Crippen LogP contribution in [-0.2, 0) is 6.54 Å². The van der Waals surface area contributed by atoms with Crippen LogP contribution in [0.25, 0.3) is 11.3 Å². The van der Waals surface area contributed by atoms with Gasteiger partial charge in [0.2, 0.25) is 6.79 Å². The number of benzene rings is 1.